The number of aliphatic carboxylic acids is 1. The Balaban J connectivity index is 0.00000181. The number of benzene rings is 2. The molecule has 0 atom stereocenters. The minimum atomic E-state index is -0.810. The van der Waals surface area contributed by atoms with E-state index in [0.29, 0.717) is 30.5 Å². The third kappa shape index (κ3) is 6.37. The Morgan fingerprint density at radius 3 is 2.28 bits per heavy atom. The second-order valence-electron chi connectivity index (χ2n) is 6.74. The van der Waals surface area contributed by atoms with Gasteiger partial charge in [-0.05, 0) is 17.2 Å². The smallest absolute Gasteiger partial charge is 0.304 e. The van der Waals surface area contributed by atoms with Gasteiger partial charge in [-0.1, -0.05) is 65.8 Å². The summed E-state index contributed by atoms with van der Waals surface area (Å²) in [6.45, 7) is 1.03. The van der Waals surface area contributed by atoms with Gasteiger partial charge >= 0.3 is 5.97 Å². The molecule has 2 aromatic carbocycles. The molecule has 0 aliphatic rings. The maximum Gasteiger partial charge on any atom is 0.304 e. The second kappa shape index (κ2) is 12.0. The zero-order valence-electron chi connectivity index (χ0n) is 17.0. The fourth-order valence-corrected chi connectivity index (χ4v) is 2.97. The number of nitrogens with one attached hydrogen (secondary N) is 1. The lowest BCUT2D eigenvalue weighted by Gasteiger charge is -2.03. The standard InChI is InChI=1S/C23H20N4O3.2ClH/c28-21(29)12-13-24-14-16-6-8-18(9-7-16)22-26-23(30-27-22)20-11-10-19(15-25-20)17-4-2-1-3-5-17;;/h1-11,15,24H,12-14H2,(H,28,29);2*1H. The van der Waals surface area contributed by atoms with E-state index in [4.69, 9.17) is 9.63 Å². The molecule has 166 valence electrons. The minimum absolute atomic E-state index is 0. The molecule has 7 nitrogen and oxygen atoms in total. The molecule has 2 heterocycles. The molecule has 32 heavy (non-hydrogen) atoms. The zero-order valence-corrected chi connectivity index (χ0v) is 18.6. The Morgan fingerprint density at radius 1 is 0.906 bits per heavy atom. The summed E-state index contributed by atoms with van der Waals surface area (Å²) in [5.41, 5.74) is 4.62. The molecule has 0 radical (unpaired) electrons. The van der Waals surface area contributed by atoms with E-state index < -0.39 is 5.97 Å². The highest BCUT2D eigenvalue weighted by molar-refractivity contribution is 5.85. The van der Waals surface area contributed by atoms with Gasteiger partial charge in [-0.3, -0.25) is 9.78 Å². The van der Waals surface area contributed by atoms with Crippen LogP contribution in [-0.2, 0) is 11.3 Å². The van der Waals surface area contributed by atoms with Gasteiger partial charge in [0.2, 0.25) is 5.82 Å². The van der Waals surface area contributed by atoms with Crippen molar-refractivity contribution in [3.8, 4) is 34.1 Å². The fraction of sp³-hybridized carbons (Fsp3) is 0.130. The molecular weight excluding hydrogens is 451 g/mol. The number of carboxylic acid groups (broad SMARTS) is 1. The molecular formula is C23H22Cl2N4O3. The number of pyridine rings is 1. The summed E-state index contributed by atoms with van der Waals surface area (Å²) in [5, 5.41) is 15.8. The Hall–Kier alpha value is -3.26. The average Bonchev–Trinajstić information content (AvgIpc) is 3.28. The van der Waals surface area contributed by atoms with Crippen molar-refractivity contribution in [2.75, 3.05) is 6.54 Å². The average molecular weight is 473 g/mol. The highest BCUT2D eigenvalue weighted by Gasteiger charge is 2.12. The molecule has 0 amide bonds. The summed E-state index contributed by atoms with van der Waals surface area (Å²) in [6.07, 6.45) is 1.89. The predicted molar refractivity (Wildman–Crippen MR) is 127 cm³/mol. The fourth-order valence-electron chi connectivity index (χ4n) is 2.97. The molecule has 4 aromatic rings. The minimum Gasteiger partial charge on any atom is -0.481 e. The number of nitrogens with zero attached hydrogens (tertiary/aromatic N) is 3. The van der Waals surface area contributed by atoms with Gasteiger partial charge in [0, 0.05) is 30.4 Å². The number of halogens is 2. The van der Waals surface area contributed by atoms with Crippen LogP contribution in [0.15, 0.2) is 77.4 Å². The highest BCUT2D eigenvalue weighted by Crippen LogP contribution is 2.24. The first-order valence-corrected chi connectivity index (χ1v) is 9.56. The second-order valence-corrected chi connectivity index (χ2v) is 6.74. The Labute approximate surface area is 197 Å². The number of carboxylic acids is 1. The molecule has 0 spiro atoms. The topological polar surface area (TPSA) is 101 Å². The Morgan fingerprint density at radius 2 is 1.62 bits per heavy atom. The first-order chi connectivity index (χ1) is 14.7. The lowest BCUT2D eigenvalue weighted by atomic mass is 10.1. The number of hydrogen-bond donors (Lipinski definition) is 2. The van der Waals surface area contributed by atoms with Crippen molar-refractivity contribution in [1.82, 2.24) is 20.4 Å². The van der Waals surface area contributed by atoms with Gasteiger partial charge in [0.15, 0.2) is 0 Å². The molecule has 2 aromatic heterocycles. The monoisotopic (exact) mass is 472 g/mol. The highest BCUT2D eigenvalue weighted by atomic mass is 35.5. The van der Waals surface area contributed by atoms with E-state index in [0.717, 1.165) is 22.3 Å². The van der Waals surface area contributed by atoms with Crippen LogP contribution in [0.2, 0.25) is 0 Å². The number of rotatable bonds is 8. The van der Waals surface area contributed by atoms with E-state index in [1.807, 2.05) is 66.7 Å². The van der Waals surface area contributed by atoms with Crippen molar-refractivity contribution >= 4 is 30.8 Å². The van der Waals surface area contributed by atoms with Crippen LogP contribution in [0.3, 0.4) is 0 Å². The van der Waals surface area contributed by atoms with Crippen molar-refractivity contribution in [2.45, 2.75) is 13.0 Å². The van der Waals surface area contributed by atoms with Gasteiger partial charge in [0.05, 0.1) is 6.42 Å². The van der Waals surface area contributed by atoms with Gasteiger partial charge in [-0.15, -0.1) is 24.8 Å². The molecule has 0 bridgehead atoms. The van der Waals surface area contributed by atoms with Crippen molar-refractivity contribution < 1.29 is 14.4 Å². The third-order valence-corrected chi connectivity index (χ3v) is 4.57. The van der Waals surface area contributed by atoms with E-state index in [2.05, 4.69) is 20.4 Å². The van der Waals surface area contributed by atoms with E-state index in [9.17, 15) is 4.79 Å². The van der Waals surface area contributed by atoms with E-state index in [1.54, 1.807) is 6.20 Å². The molecule has 0 saturated carbocycles. The maximum absolute atomic E-state index is 10.5. The van der Waals surface area contributed by atoms with Crippen molar-refractivity contribution in [2.24, 2.45) is 0 Å². The number of aromatic nitrogens is 3. The van der Waals surface area contributed by atoms with Gasteiger partial charge in [0.1, 0.15) is 5.69 Å². The van der Waals surface area contributed by atoms with E-state index >= 15 is 0 Å². The van der Waals surface area contributed by atoms with Crippen LogP contribution >= 0.6 is 24.8 Å². The van der Waals surface area contributed by atoms with Crippen LogP contribution < -0.4 is 5.32 Å². The van der Waals surface area contributed by atoms with Crippen molar-refractivity contribution in [3.05, 3.63) is 78.5 Å². The molecule has 0 saturated heterocycles. The molecule has 0 aliphatic carbocycles. The number of hydrogen-bond acceptors (Lipinski definition) is 6. The van der Waals surface area contributed by atoms with Gasteiger partial charge in [-0.25, -0.2) is 0 Å². The summed E-state index contributed by atoms with van der Waals surface area (Å²) in [4.78, 5) is 19.4. The van der Waals surface area contributed by atoms with Crippen LogP contribution in [0.1, 0.15) is 12.0 Å². The summed E-state index contributed by atoms with van der Waals surface area (Å²) >= 11 is 0. The lowest BCUT2D eigenvalue weighted by Crippen LogP contribution is -2.17. The summed E-state index contributed by atoms with van der Waals surface area (Å²) in [5.74, 6) is 0.0447. The molecule has 9 heteroatoms. The summed E-state index contributed by atoms with van der Waals surface area (Å²) in [6, 6.07) is 21.6. The van der Waals surface area contributed by atoms with Crippen LogP contribution in [0.25, 0.3) is 34.1 Å². The molecule has 0 aliphatic heterocycles. The van der Waals surface area contributed by atoms with Crippen LogP contribution in [-0.4, -0.2) is 32.7 Å². The van der Waals surface area contributed by atoms with E-state index in [-0.39, 0.29) is 31.2 Å². The lowest BCUT2D eigenvalue weighted by molar-refractivity contribution is -0.136. The van der Waals surface area contributed by atoms with Crippen LogP contribution in [0, 0.1) is 0 Å². The van der Waals surface area contributed by atoms with Gasteiger partial charge < -0.3 is 14.9 Å². The quantitative estimate of drug-likeness (QED) is 0.352. The third-order valence-electron chi connectivity index (χ3n) is 4.57. The van der Waals surface area contributed by atoms with E-state index in [1.165, 1.54) is 0 Å². The van der Waals surface area contributed by atoms with Gasteiger partial charge in [0.25, 0.3) is 5.89 Å². The first kappa shape index (κ1) is 25.0. The summed E-state index contributed by atoms with van der Waals surface area (Å²) in [7, 11) is 0. The molecule has 4 rings (SSSR count). The van der Waals surface area contributed by atoms with Crippen LogP contribution in [0.5, 0.6) is 0 Å². The Kier molecular flexibility index (Phi) is 9.34. The van der Waals surface area contributed by atoms with Gasteiger partial charge in [-0.2, -0.15) is 4.98 Å². The molecule has 2 N–H and O–H groups in total. The zero-order chi connectivity index (χ0) is 20.8. The summed E-state index contributed by atoms with van der Waals surface area (Å²) < 4.78 is 5.39. The Bertz CT molecular complexity index is 1120. The SMILES string of the molecule is Cl.Cl.O=C(O)CCNCc1ccc(-c2noc(-c3ccc(-c4ccccc4)cn3)n2)cc1. The normalized spacial score (nSPS) is 10.1. The number of carbonyl (C=O) groups is 1. The predicted octanol–water partition coefficient (Wildman–Crippen LogP) is 4.87. The largest absolute Gasteiger partial charge is 0.481 e. The van der Waals surface area contributed by atoms with Crippen molar-refractivity contribution in [3.63, 3.8) is 0 Å². The first-order valence-electron chi connectivity index (χ1n) is 9.56. The van der Waals surface area contributed by atoms with Crippen molar-refractivity contribution in [1.29, 1.82) is 0 Å². The molecule has 0 unspecified atom stereocenters. The molecule has 0 fully saturated rings. The maximum atomic E-state index is 10.5. The van der Waals surface area contributed by atoms with Crippen LogP contribution in [0.4, 0.5) is 0 Å².